The van der Waals surface area contributed by atoms with Gasteiger partial charge in [0.15, 0.2) is 16.9 Å². The molecule has 3 heterocycles. The zero-order valence-corrected chi connectivity index (χ0v) is 24.3. The number of fused-ring (bicyclic) bond motifs is 4. The van der Waals surface area contributed by atoms with E-state index in [0.717, 1.165) is 32.1 Å². The lowest BCUT2D eigenvalue weighted by Crippen LogP contribution is -2.47. The van der Waals surface area contributed by atoms with Gasteiger partial charge >= 0.3 is 5.97 Å². The molecule has 5 rings (SSSR count). The van der Waals surface area contributed by atoms with Crippen molar-refractivity contribution in [3.8, 4) is 0 Å². The predicted octanol–water partition coefficient (Wildman–Crippen LogP) is 5.32. The summed E-state index contributed by atoms with van der Waals surface area (Å²) in [6.45, 7) is 6.56. The molecular formula is C32H37N3O7. The lowest BCUT2D eigenvalue weighted by Gasteiger charge is -2.35. The second-order valence-corrected chi connectivity index (χ2v) is 11.1. The normalized spacial score (nSPS) is 17.7. The molecule has 3 aromatic rings. The zero-order chi connectivity index (χ0) is 30.0. The van der Waals surface area contributed by atoms with E-state index in [0.29, 0.717) is 31.4 Å². The number of Topliss-reactive ketones (excluding diaryl/α,β-unsaturated/α-hetero) is 1. The number of hydrogen-bond donors (Lipinski definition) is 3. The number of ether oxygens (including phenoxy) is 1. The third-order valence-electron chi connectivity index (χ3n) is 8.35. The number of benzene rings is 2. The number of ketones is 1. The lowest BCUT2D eigenvalue weighted by atomic mass is 9.69. The fraction of sp³-hybridized carbons (Fsp3) is 0.469. The summed E-state index contributed by atoms with van der Waals surface area (Å²) in [6.07, 6.45) is 5.52. The van der Waals surface area contributed by atoms with Crippen molar-refractivity contribution in [3.63, 3.8) is 0 Å². The molecule has 2 aromatic carbocycles. The Hall–Kier alpha value is -4.05. The van der Waals surface area contributed by atoms with Crippen LogP contribution in [0.1, 0.15) is 92.9 Å². The van der Waals surface area contributed by atoms with Gasteiger partial charge in [-0.15, -0.1) is 0 Å². The Bertz CT molecular complexity index is 1630. The molecule has 42 heavy (non-hydrogen) atoms. The van der Waals surface area contributed by atoms with Crippen LogP contribution >= 0.6 is 0 Å². The van der Waals surface area contributed by atoms with Crippen molar-refractivity contribution in [1.82, 2.24) is 5.32 Å². The van der Waals surface area contributed by atoms with Crippen LogP contribution in [0, 0.1) is 5.41 Å². The standard InChI is InChI=1S/C32H37N3O7/c1-4-7-13-32(14-8-5-2)28(37)19-11-12-20-25(36)21-16-18(30(39)41-6-3)17-23(34-29(38)22-10-9-15-33-22)26(21)42-27(20)24(19)35-31(32)40/h11-12,16-17,22,33H,4-10,13-15H2,1-3H3,(H,34,38)(H,35,40). The monoisotopic (exact) mass is 575 g/mol. The van der Waals surface area contributed by atoms with Gasteiger partial charge in [0.1, 0.15) is 5.41 Å². The van der Waals surface area contributed by atoms with Crippen molar-refractivity contribution >= 4 is 56.9 Å². The highest BCUT2D eigenvalue weighted by Crippen LogP contribution is 2.44. The minimum absolute atomic E-state index is 0.0378. The summed E-state index contributed by atoms with van der Waals surface area (Å²) in [5, 5.41) is 9.07. The lowest BCUT2D eigenvalue weighted by molar-refractivity contribution is -0.124. The van der Waals surface area contributed by atoms with Gasteiger partial charge < -0.3 is 25.1 Å². The summed E-state index contributed by atoms with van der Waals surface area (Å²) < 4.78 is 11.4. The van der Waals surface area contributed by atoms with Crippen LogP contribution in [0.4, 0.5) is 11.4 Å². The quantitative estimate of drug-likeness (QED) is 0.168. The number of carbonyl (C=O) groups excluding carboxylic acids is 4. The van der Waals surface area contributed by atoms with Crippen LogP contribution in [-0.4, -0.2) is 42.8 Å². The van der Waals surface area contributed by atoms with E-state index in [4.69, 9.17) is 9.15 Å². The first-order valence-electron chi connectivity index (χ1n) is 14.9. The Morgan fingerprint density at radius 3 is 2.40 bits per heavy atom. The van der Waals surface area contributed by atoms with Crippen molar-refractivity contribution < 1.29 is 28.3 Å². The van der Waals surface area contributed by atoms with Gasteiger partial charge in [-0.05, 0) is 63.4 Å². The number of nitrogens with one attached hydrogen (secondary N) is 3. The first-order chi connectivity index (χ1) is 20.2. The van der Waals surface area contributed by atoms with E-state index < -0.39 is 28.8 Å². The Labute approximate surface area is 243 Å². The van der Waals surface area contributed by atoms with Crippen LogP contribution in [0.2, 0.25) is 0 Å². The molecule has 0 spiro atoms. The Morgan fingerprint density at radius 2 is 1.76 bits per heavy atom. The molecule has 1 atom stereocenters. The highest BCUT2D eigenvalue weighted by Gasteiger charge is 2.49. The van der Waals surface area contributed by atoms with E-state index in [1.807, 2.05) is 13.8 Å². The largest absolute Gasteiger partial charge is 0.462 e. The Kier molecular flexibility index (Phi) is 8.45. The van der Waals surface area contributed by atoms with Crippen LogP contribution in [0.5, 0.6) is 0 Å². The topological polar surface area (TPSA) is 144 Å². The molecule has 2 aliphatic rings. The highest BCUT2D eigenvalue weighted by atomic mass is 16.5. The molecule has 1 saturated heterocycles. The number of amides is 2. The molecule has 0 radical (unpaired) electrons. The van der Waals surface area contributed by atoms with Gasteiger partial charge in [-0.1, -0.05) is 39.5 Å². The van der Waals surface area contributed by atoms with Crippen LogP contribution in [0.3, 0.4) is 0 Å². The second kappa shape index (κ2) is 12.1. The molecule has 1 unspecified atom stereocenters. The Morgan fingerprint density at radius 1 is 1.02 bits per heavy atom. The van der Waals surface area contributed by atoms with E-state index in [1.54, 1.807) is 13.0 Å². The maximum Gasteiger partial charge on any atom is 0.338 e. The molecule has 0 bridgehead atoms. The van der Waals surface area contributed by atoms with Gasteiger partial charge in [-0.25, -0.2) is 4.79 Å². The molecular weight excluding hydrogens is 538 g/mol. The molecule has 10 nitrogen and oxygen atoms in total. The summed E-state index contributed by atoms with van der Waals surface area (Å²) in [6, 6.07) is 5.46. The summed E-state index contributed by atoms with van der Waals surface area (Å²) in [4.78, 5) is 67.2. The number of unbranched alkanes of at least 4 members (excludes halogenated alkanes) is 2. The van der Waals surface area contributed by atoms with Gasteiger partial charge in [-0.3, -0.25) is 19.2 Å². The van der Waals surface area contributed by atoms with E-state index in [1.165, 1.54) is 18.2 Å². The molecule has 1 fully saturated rings. The summed E-state index contributed by atoms with van der Waals surface area (Å²) in [5.41, 5.74) is -0.907. The van der Waals surface area contributed by atoms with E-state index in [2.05, 4.69) is 16.0 Å². The maximum absolute atomic E-state index is 14.0. The minimum Gasteiger partial charge on any atom is -0.462 e. The number of anilines is 2. The van der Waals surface area contributed by atoms with Gasteiger partial charge in [0, 0.05) is 5.56 Å². The van der Waals surface area contributed by atoms with Crippen molar-refractivity contribution in [1.29, 1.82) is 0 Å². The Balaban J connectivity index is 1.70. The van der Waals surface area contributed by atoms with E-state index >= 15 is 0 Å². The van der Waals surface area contributed by atoms with Crippen LogP contribution < -0.4 is 21.4 Å². The summed E-state index contributed by atoms with van der Waals surface area (Å²) in [7, 11) is 0. The number of esters is 1. The highest BCUT2D eigenvalue weighted by molar-refractivity contribution is 6.27. The van der Waals surface area contributed by atoms with E-state index in [-0.39, 0.29) is 57.2 Å². The van der Waals surface area contributed by atoms with Gasteiger partial charge in [0.25, 0.3) is 0 Å². The minimum atomic E-state index is -1.17. The average Bonchev–Trinajstić information content (AvgIpc) is 3.53. The zero-order valence-electron chi connectivity index (χ0n) is 24.3. The fourth-order valence-corrected chi connectivity index (χ4v) is 6.02. The second-order valence-electron chi connectivity index (χ2n) is 11.1. The molecule has 0 aliphatic carbocycles. The summed E-state index contributed by atoms with van der Waals surface area (Å²) in [5.74, 6) is -1.64. The van der Waals surface area contributed by atoms with Crippen molar-refractivity contribution in [2.24, 2.45) is 5.41 Å². The number of hydrogen-bond acceptors (Lipinski definition) is 8. The van der Waals surface area contributed by atoms with Gasteiger partial charge in [-0.2, -0.15) is 0 Å². The van der Waals surface area contributed by atoms with E-state index in [9.17, 15) is 24.0 Å². The van der Waals surface area contributed by atoms with Gasteiger partial charge in [0.05, 0.1) is 40.4 Å². The third-order valence-corrected chi connectivity index (χ3v) is 8.35. The molecule has 0 saturated carbocycles. The van der Waals surface area contributed by atoms with Crippen molar-refractivity contribution in [3.05, 3.63) is 45.6 Å². The predicted molar refractivity (Wildman–Crippen MR) is 160 cm³/mol. The SMILES string of the molecule is CCCCC1(CCCC)C(=O)Nc2c(ccc3c(=O)c4cc(C(=O)OCC)cc(NC(=O)C5CCCN5)c4oc23)C1=O. The van der Waals surface area contributed by atoms with Crippen molar-refractivity contribution in [2.45, 2.75) is 78.2 Å². The first kappa shape index (κ1) is 29.4. The first-order valence-corrected chi connectivity index (χ1v) is 14.9. The van der Waals surface area contributed by atoms with Crippen LogP contribution in [-0.2, 0) is 14.3 Å². The third kappa shape index (κ3) is 5.08. The van der Waals surface area contributed by atoms with Crippen LogP contribution in [0.15, 0.2) is 33.5 Å². The molecule has 3 N–H and O–H groups in total. The number of rotatable bonds is 10. The molecule has 1 aromatic heterocycles. The summed E-state index contributed by atoms with van der Waals surface area (Å²) >= 11 is 0. The average molecular weight is 576 g/mol. The molecule has 222 valence electrons. The number of carbonyl (C=O) groups is 4. The van der Waals surface area contributed by atoms with Gasteiger partial charge in [0.2, 0.25) is 17.2 Å². The molecule has 2 aliphatic heterocycles. The smallest absolute Gasteiger partial charge is 0.338 e. The maximum atomic E-state index is 14.0. The fourth-order valence-electron chi connectivity index (χ4n) is 6.02. The molecule has 10 heteroatoms. The van der Waals surface area contributed by atoms with Crippen LogP contribution in [0.25, 0.3) is 21.9 Å². The molecule has 2 amide bonds. The van der Waals surface area contributed by atoms with Crippen molar-refractivity contribution in [2.75, 3.05) is 23.8 Å².